The van der Waals surface area contributed by atoms with Crippen LogP contribution in [0.25, 0.3) is 11.5 Å². The van der Waals surface area contributed by atoms with Crippen LogP contribution in [0.2, 0.25) is 0 Å². The van der Waals surface area contributed by atoms with Crippen LogP contribution in [0.4, 0.5) is 5.82 Å². The number of benzene rings is 1. The van der Waals surface area contributed by atoms with E-state index in [1.165, 1.54) is 12.0 Å². The van der Waals surface area contributed by atoms with E-state index < -0.39 is 0 Å². The molecule has 4 rings (SSSR count). The Morgan fingerprint density at radius 3 is 2.92 bits per heavy atom. The minimum absolute atomic E-state index is 0.587. The lowest BCUT2D eigenvalue weighted by Gasteiger charge is -2.14. The fraction of sp³-hybridized carbons (Fsp3) is 0.350. The summed E-state index contributed by atoms with van der Waals surface area (Å²) in [5.41, 5.74) is 2.18. The second kappa shape index (κ2) is 7.66. The fourth-order valence-electron chi connectivity index (χ4n) is 3.31. The summed E-state index contributed by atoms with van der Waals surface area (Å²) in [7, 11) is 0. The molecule has 6 nitrogen and oxygen atoms in total. The van der Waals surface area contributed by atoms with Crippen molar-refractivity contribution in [3.63, 3.8) is 0 Å². The molecule has 1 aromatic carbocycles. The summed E-state index contributed by atoms with van der Waals surface area (Å²) < 4.78 is 5.82. The third kappa shape index (κ3) is 4.08. The van der Waals surface area contributed by atoms with E-state index in [4.69, 9.17) is 4.42 Å². The van der Waals surface area contributed by atoms with Crippen molar-refractivity contribution in [3.8, 4) is 11.5 Å². The number of aromatic nitrogens is 3. The molecule has 3 heterocycles. The molecule has 1 fully saturated rings. The van der Waals surface area contributed by atoms with E-state index in [9.17, 15) is 0 Å². The average Bonchev–Trinajstić information content (AvgIpc) is 3.31. The first-order valence-corrected chi connectivity index (χ1v) is 9.03. The summed E-state index contributed by atoms with van der Waals surface area (Å²) in [4.78, 5) is 6.73. The van der Waals surface area contributed by atoms with Crippen LogP contribution in [0.1, 0.15) is 17.9 Å². The monoisotopic (exact) mass is 349 g/mol. The summed E-state index contributed by atoms with van der Waals surface area (Å²) in [6.45, 7) is 5.81. The van der Waals surface area contributed by atoms with Crippen molar-refractivity contribution in [2.45, 2.75) is 19.9 Å². The number of rotatable bonds is 6. The van der Waals surface area contributed by atoms with Gasteiger partial charge in [0, 0.05) is 24.8 Å². The Kier molecular flexibility index (Phi) is 4.93. The van der Waals surface area contributed by atoms with Gasteiger partial charge in [-0.05, 0) is 55.6 Å². The molecule has 0 spiro atoms. The first-order valence-electron chi connectivity index (χ1n) is 9.03. The van der Waals surface area contributed by atoms with Crippen molar-refractivity contribution in [2.75, 3.05) is 25.0 Å². The number of hydrogen-bond acceptors (Lipinski definition) is 6. The van der Waals surface area contributed by atoms with Crippen LogP contribution in [0.3, 0.4) is 0 Å². The molecule has 1 atom stereocenters. The Balaban J connectivity index is 1.29. The predicted molar refractivity (Wildman–Crippen MR) is 101 cm³/mol. The highest BCUT2D eigenvalue weighted by Crippen LogP contribution is 2.21. The van der Waals surface area contributed by atoms with Crippen LogP contribution in [-0.2, 0) is 6.54 Å². The molecular formula is C20H23N5O. The molecule has 1 aliphatic rings. The number of likely N-dealkylation sites (tertiary alicyclic amines) is 1. The van der Waals surface area contributed by atoms with E-state index in [-0.39, 0.29) is 0 Å². The molecule has 0 amide bonds. The minimum Gasteiger partial charge on any atom is -0.419 e. The van der Waals surface area contributed by atoms with Crippen LogP contribution in [0, 0.1) is 12.8 Å². The van der Waals surface area contributed by atoms with Gasteiger partial charge in [-0.2, -0.15) is 0 Å². The summed E-state index contributed by atoms with van der Waals surface area (Å²) >= 11 is 0. The van der Waals surface area contributed by atoms with Gasteiger partial charge in [0.15, 0.2) is 0 Å². The molecule has 1 aliphatic heterocycles. The molecule has 2 aromatic heterocycles. The highest BCUT2D eigenvalue weighted by Gasteiger charge is 2.24. The van der Waals surface area contributed by atoms with Gasteiger partial charge in [-0.15, -0.1) is 10.2 Å². The van der Waals surface area contributed by atoms with Crippen LogP contribution in [0.15, 0.2) is 53.1 Å². The SMILES string of the molecule is Cc1ccnc(NC[C@H]2CCN(Cc3nnc(-c4ccccc4)o3)C2)c1. The van der Waals surface area contributed by atoms with Crippen molar-refractivity contribution in [3.05, 3.63) is 60.1 Å². The maximum Gasteiger partial charge on any atom is 0.247 e. The largest absolute Gasteiger partial charge is 0.419 e. The molecule has 3 aromatic rings. The molecule has 0 saturated carbocycles. The van der Waals surface area contributed by atoms with Crippen molar-refractivity contribution < 1.29 is 4.42 Å². The van der Waals surface area contributed by atoms with Crippen molar-refractivity contribution in [2.24, 2.45) is 5.92 Å². The molecule has 1 saturated heterocycles. The number of nitrogens with one attached hydrogen (secondary N) is 1. The van der Waals surface area contributed by atoms with Gasteiger partial charge < -0.3 is 9.73 Å². The number of aryl methyl sites for hydroxylation is 1. The van der Waals surface area contributed by atoms with Crippen molar-refractivity contribution in [1.82, 2.24) is 20.1 Å². The standard InChI is InChI=1S/C20H23N5O/c1-15-7-9-21-18(11-15)22-12-16-8-10-25(13-16)14-19-23-24-20(26-19)17-5-3-2-4-6-17/h2-7,9,11,16H,8,10,12-14H2,1H3,(H,21,22)/t16-/m1/s1. The zero-order valence-electron chi connectivity index (χ0n) is 14.9. The first-order chi connectivity index (χ1) is 12.8. The summed E-state index contributed by atoms with van der Waals surface area (Å²) in [6.07, 6.45) is 3.01. The number of hydrogen-bond donors (Lipinski definition) is 1. The Morgan fingerprint density at radius 2 is 2.08 bits per heavy atom. The second-order valence-corrected chi connectivity index (χ2v) is 6.86. The quantitative estimate of drug-likeness (QED) is 0.736. The van der Waals surface area contributed by atoms with Gasteiger partial charge in [0.2, 0.25) is 11.8 Å². The van der Waals surface area contributed by atoms with Crippen LogP contribution >= 0.6 is 0 Å². The van der Waals surface area contributed by atoms with Crippen LogP contribution in [-0.4, -0.2) is 39.7 Å². The minimum atomic E-state index is 0.587. The van der Waals surface area contributed by atoms with E-state index in [0.29, 0.717) is 24.2 Å². The molecule has 1 N–H and O–H groups in total. The van der Waals surface area contributed by atoms with Gasteiger partial charge in [0.1, 0.15) is 5.82 Å². The molecule has 134 valence electrons. The molecule has 0 aliphatic carbocycles. The van der Waals surface area contributed by atoms with E-state index in [1.807, 2.05) is 42.6 Å². The van der Waals surface area contributed by atoms with E-state index in [2.05, 4.69) is 38.4 Å². The molecule has 0 unspecified atom stereocenters. The zero-order chi connectivity index (χ0) is 17.8. The fourth-order valence-corrected chi connectivity index (χ4v) is 3.31. The van der Waals surface area contributed by atoms with Gasteiger partial charge in [-0.1, -0.05) is 18.2 Å². The Bertz CT molecular complexity index is 848. The molecule has 6 heteroatoms. The van der Waals surface area contributed by atoms with Gasteiger partial charge in [-0.3, -0.25) is 4.90 Å². The Labute approximate surface area is 153 Å². The van der Waals surface area contributed by atoms with Crippen molar-refractivity contribution >= 4 is 5.82 Å². The smallest absolute Gasteiger partial charge is 0.247 e. The van der Waals surface area contributed by atoms with E-state index in [0.717, 1.165) is 31.0 Å². The Morgan fingerprint density at radius 1 is 1.19 bits per heavy atom. The number of nitrogens with zero attached hydrogens (tertiary/aromatic N) is 4. The summed E-state index contributed by atoms with van der Waals surface area (Å²) in [5, 5.41) is 11.8. The summed E-state index contributed by atoms with van der Waals surface area (Å²) in [6, 6.07) is 14.0. The predicted octanol–water partition coefficient (Wildman–Crippen LogP) is 3.37. The van der Waals surface area contributed by atoms with E-state index >= 15 is 0 Å². The topological polar surface area (TPSA) is 67.1 Å². The second-order valence-electron chi connectivity index (χ2n) is 6.86. The third-order valence-electron chi connectivity index (χ3n) is 4.70. The number of pyridine rings is 1. The highest BCUT2D eigenvalue weighted by atomic mass is 16.4. The molecular weight excluding hydrogens is 326 g/mol. The highest BCUT2D eigenvalue weighted by molar-refractivity contribution is 5.51. The zero-order valence-corrected chi connectivity index (χ0v) is 14.9. The summed E-state index contributed by atoms with van der Waals surface area (Å²) in [5.74, 6) is 2.82. The van der Waals surface area contributed by atoms with E-state index in [1.54, 1.807) is 0 Å². The molecule has 0 radical (unpaired) electrons. The lowest BCUT2D eigenvalue weighted by atomic mass is 10.1. The lowest BCUT2D eigenvalue weighted by Crippen LogP contribution is -2.23. The Hall–Kier alpha value is -2.73. The lowest BCUT2D eigenvalue weighted by molar-refractivity contribution is 0.283. The van der Waals surface area contributed by atoms with Gasteiger partial charge in [-0.25, -0.2) is 4.98 Å². The normalized spacial score (nSPS) is 17.5. The average molecular weight is 349 g/mol. The third-order valence-corrected chi connectivity index (χ3v) is 4.70. The van der Waals surface area contributed by atoms with Crippen LogP contribution in [0.5, 0.6) is 0 Å². The number of anilines is 1. The maximum atomic E-state index is 5.82. The van der Waals surface area contributed by atoms with Crippen LogP contribution < -0.4 is 5.32 Å². The first kappa shape index (κ1) is 16.7. The molecule has 0 bridgehead atoms. The van der Waals surface area contributed by atoms with Gasteiger partial charge >= 0.3 is 0 Å². The van der Waals surface area contributed by atoms with Crippen molar-refractivity contribution in [1.29, 1.82) is 0 Å². The maximum absolute atomic E-state index is 5.82. The molecule has 26 heavy (non-hydrogen) atoms. The van der Waals surface area contributed by atoms with Gasteiger partial charge in [0.05, 0.1) is 6.54 Å². The van der Waals surface area contributed by atoms with Gasteiger partial charge in [0.25, 0.3) is 0 Å².